The van der Waals surface area contributed by atoms with Gasteiger partial charge in [0.25, 0.3) is 0 Å². The van der Waals surface area contributed by atoms with Gasteiger partial charge in [-0.15, -0.1) is 0 Å². The number of benzene rings is 2. The van der Waals surface area contributed by atoms with Gasteiger partial charge in [0.15, 0.2) is 0 Å². The Balaban J connectivity index is 2.20. The van der Waals surface area contributed by atoms with Crippen molar-refractivity contribution in [1.82, 2.24) is 5.32 Å². The Labute approximate surface area is 116 Å². The van der Waals surface area contributed by atoms with E-state index in [-0.39, 0.29) is 0 Å². The van der Waals surface area contributed by atoms with Crippen molar-refractivity contribution in [3.05, 3.63) is 42.5 Å². The van der Waals surface area contributed by atoms with E-state index in [0.717, 1.165) is 19.6 Å². The summed E-state index contributed by atoms with van der Waals surface area (Å²) in [6.45, 7) is 9.70. The summed E-state index contributed by atoms with van der Waals surface area (Å²) < 4.78 is 0. The first-order chi connectivity index (χ1) is 9.22. The lowest BCUT2D eigenvalue weighted by molar-refractivity contribution is 0.584. The van der Waals surface area contributed by atoms with Crippen molar-refractivity contribution in [3.8, 4) is 0 Å². The highest BCUT2D eigenvalue weighted by Gasteiger charge is 2.07. The minimum atomic E-state index is 0.547. The van der Waals surface area contributed by atoms with E-state index in [0.29, 0.717) is 6.04 Å². The highest BCUT2D eigenvalue weighted by Crippen LogP contribution is 2.26. The maximum atomic E-state index is 3.49. The summed E-state index contributed by atoms with van der Waals surface area (Å²) in [4.78, 5) is 2.44. The van der Waals surface area contributed by atoms with Crippen LogP contribution in [0.25, 0.3) is 10.8 Å². The lowest BCUT2D eigenvalue weighted by Gasteiger charge is -2.25. The van der Waals surface area contributed by atoms with Gasteiger partial charge in [-0.25, -0.2) is 0 Å². The molecule has 0 aliphatic carbocycles. The first-order valence-corrected chi connectivity index (χ1v) is 7.18. The number of fused-ring (bicyclic) bond motifs is 1. The van der Waals surface area contributed by atoms with Gasteiger partial charge in [-0.2, -0.15) is 0 Å². The molecule has 0 bridgehead atoms. The SMILES string of the molecule is CCN(CCNC(C)C)c1cccc2ccccc12. The number of hydrogen-bond acceptors (Lipinski definition) is 2. The lowest BCUT2D eigenvalue weighted by atomic mass is 10.1. The molecule has 2 aromatic carbocycles. The summed E-state index contributed by atoms with van der Waals surface area (Å²) in [5, 5.41) is 6.15. The number of hydrogen-bond donors (Lipinski definition) is 1. The molecule has 0 fully saturated rings. The Bertz CT molecular complexity index is 514. The first-order valence-electron chi connectivity index (χ1n) is 7.18. The third-order valence-electron chi connectivity index (χ3n) is 3.42. The molecule has 19 heavy (non-hydrogen) atoms. The Morgan fingerprint density at radius 2 is 1.79 bits per heavy atom. The van der Waals surface area contributed by atoms with Crippen LogP contribution >= 0.6 is 0 Å². The van der Waals surface area contributed by atoms with Crippen molar-refractivity contribution in [2.24, 2.45) is 0 Å². The van der Waals surface area contributed by atoms with E-state index in [1.165, 1.54) is 16.5 Å². The maximum absolute atomic E-state index is 3.49. The molecule has 0 aliphatic heterocycles. The number of nitrogens with zero attached hydrogens (tertiary/aromatic N) is 1. The van der Waals surface area contributed by atoms with Crippen LogP contribution in [0, 0.1) is 0 Å². The second kappa shape index (κ2) is 6.58. The van der Waals surface area contributed by atoms with Gasteiger partial charge in [0.2, 0.25) is 0 Å². The van der Waals surface area contributed by atoms with E-state index in [1.54, 1.807) is 0 Å². The molecule has 2 heteroatoms. The van der Waals surface area contributed by atoms with Crippen LogP contribution in [0.15, 0.2) is 42.5 Å². The predicted octanol–water partition coefficient (Wildman–Crippen LogP) is 3.66. The minimum absolute atomic E-state index is 0.547. The number of rotatable bonds is 6. The molecule has 0 amide bonds. The van der Waals surface area contributed by atoms with E-state index in [1.807, 2.05) is 0 Å². The number of anilines is 1. The second-order valence-electron chi connectivity index (χ2n) is 5.19. The predicted molar refractivity (Wildman–Crippen MR) is 85.0 cm³/mol. The zero-order valence-electron chi connectivity index (χ0n) is 12.2. The average Bonchev–Trinajstić information content (AvgIpc) is 2.43. The van der Waals surface area contributed by atoms with Gasteiger partial charge in [-0.1, -0.05) is 50.2 Å². The maximum Gasteiger partial charge on any atom is 0.0446 e. The molecule has 2 rings (SSSR count). The monoisotopic (exact) mass is 256 g/mol. The van der Waals surface area contributed by atoms with E-state index < -0.39 is 0 Å². The van der Waals surface area contributed by atoms with Crippen molar-refractivity contribution >= 4 is 16.5 Å². The molecule has 0 aliphatic rings. The van der Waals surface area contributed by atoms with Crippen LogP contribution in [-0.4, -0.2) is 25.7 Å². The van der Waals surface area contributed by atoms with Gasteiger partial charge in [-0.3, -0.25) is 0 Å². The van der Waals surface area contributed by atoms with Crippen molar-refractivity contribution in [3.63, 3.8) is 0 Å². The molecule has 0 unspecified atom stereocenters. The smallest absolute Gasteiger partial charge is 0.0446 e. The third-order valence-corrected chi connectivity index (χ3v) is 3.42. The Hall–Kier alpha value is -1.54. The molecule has 0 heterocycles. The molecule has 2 nitrogen and oxygen atoms in total. The van der Waals surface area contributed by atoms with Crippen LogP contribution in [-0.2, 0) is 0 Å². The third kappa shape index (κ3) is 3.48. The highest BCUT2D eigenvalue weighted by molar-refractivity contribution is 5.94. The van der Waals surface area contributed by atoms with Gasteiger partial charge in [0.05, 0.1) is 0 Å². The lowest BCUT2D eigenvalue weighted by Crippen LogP contribution is -2.34. The van der Waals surface area contributed by atoms with E-state index in [4.69, 9.17) is 0 Å². The minimum Gasteiger partial charge on any atom is -0.370 e. The molecule has 0 radical (unpaired) electrons. The van der Waals surface area contributed by atoms with Crippen LogP contribution in [0.1, 0.15) is 20.8 Å². The van der Waals surface area contributed by atoms with Crippen LogP contribution in [0.4, 0.5) is 5.69 Å². The topological polar surface area (TPSA) is 15.3 Å². The molecule has 0 spiro atoms. The molecular formula is C17H24N2. The van der Waals surface area contributed by atoms with Crippen molar-refractivity contribution in [2.75, 3.05) is 24.5 Å². The van der Waals surface area contributed by atoms with Gasteiger partial charge < -0.3 is 10.2 Å². The fourth-order valence-electron chi connectivity index (χ4n) is 2.42. The largest absolute Gasteiger partial charge is 0.370 e. The highest BCUT2D eigenvalue weighted by atomic mass is 15.1. The van der Waals surface area contributed by atoms with Crippen LogP contribution in [0.3, 0.4) is 0 Å². The zero-order chi connectivity index (χ0) is 13.7. The summed E-state index contributed by atoms with van der Waals surface area (Å²) in [5.41, 5.74) is 1.34. The molecule has 0 saturated heterocycles. The van der Waals surface area contributed by atoms with E-state index >= 15 is 0 Å². The van der Waals surface area contributed by atoms with Crippen molar-refractivity contribution in [1.29, 1.82) is 0 Å². The zero-order valence-corrected chi connectivity index (χ0v) is 12.2. The number of likely N-dealkylation sites (N-methyl/N-ethyl adjacent to an activating group) is 1. The second-order valence-corrected chi connectivity index (χ2v) is 5.19. The molecule has 0 aromatic heterocycles. The molecule has 0 atom stereocenters. The average molecular weight is 256 g/mol. The van der Waals surface area contributed by atoms with E-state index in [9.17, 15) is 0 Å². The summed E-state index contributed by atoms with van der Waals surface area (Å²) in [6.07, 6.45) is 0. The van der Waals surface area contributed by atoms with Gasteiger partial charge in [0.1, 0.15) is 0 Å². The quantitative estimate of drug-likeness (QED) is 0.848. The Morgan fingerprint density at radius 1 is 1.05 bits per heavy atom. The Morgan fingerprint density at radius 3 is 2.53 bits per heavy atom. The fraction of sp³-hybridized carbons (Fsp3) is 0.412. The number of nitrogens with one attached hydrogen (secondary N) is 1. The summed E-state index contributed by atoms with van der Waals surface area (Å²) in [6, 6.07) is 15.7. The van der Waals surface area contributed by atoms with Crippen molar-refractivity contribution < 1.29 is 0 Å². The van der Waals surface area contributed by atoms with E-state index in [2.05, 4.69) is 73.5 Å². The van der Waals surface area contributed by atoms with Gasteiger partial charge in [-0.05, 0) is 18.4 Å². The summed E-state index contributed by atoms with van der Waals surface area (Å²) in [7, 11) is 0. The van der Waals surface area contributed by atoms with Crippen molar-refractivity contribution in [2.45, 2.75) is 26.8 Å². The van der Waals surface area contributed by atoms with Gasteiger partial charge >= 0.3 is 0 Å². The van der Waals surface area contributed by atoms with Crippen LogP contribution in [0.5, 0.6) is 0 Å². The fourth-order valence-corrected chi connectivity index (χ4v) is 2.42. The molecular weight excluding hydrogens is 232 g/mol. The Kier molecular flexibility index (Phi) is 4.80. The molecule has 2 aromatic rings. The standard InChI is InChI=1S/C17H24N2/c1-4-19(13-12-18-14(2)3)17-11-7-9-15-8-5-6-10-16(15)17/h5-11,14,18H,4,12-13H2,1-3H3. The molecule has 102 valence electrons. The van der Waals surface area contributed by atoms with Gasteiger partial charge in [0, 0.05) is 36.7 Å². The molecule has 0 saturated carbocycles. The summed E-state index contributed by atoms with van der Waals surface area (Å²) in [5.74, 6) is 0. The van der Waals surface area contributed by atoms with Crippen LogP contribution < -0.4 is 10.2 Å². The summed E-state index contributed by atoms with van der Waals surface area (Å²) >= 11 is 0. The molecule has 1 N–H and O–H groups in total. The first kappa shape index (κ1) is 13.9. The normalized spacial score (nSPS) is 11.2. The van der Waals surface area contributed by atoms with Crippen LogP contribution in [0.2, 0.25) is 0 Å².